The number of aryl methyl sites for hydroxylation is 1. The molecule has 1 fully saturated rings. The van der Waals surface area contributed by atoms with Crippen LogP contribution in [0.4, 0.5) is 10.6 Å². The number of carbonyl (C=O) groups excluding carboxylic acids is 1. The van der Waals surface area contributed by atoms with Gasteiger partial charge in [-0.2, -0.15) is 0 Å². The van der Waals surface area contributed by atoms with E-state index in [9.17, 15) is 4.79 Å². The van der Waals surface area contributed by atoms with Gasteiger partial charge in [0.15, 0.2) is 0 Å². The molecule has 2 rings (SSSR count). The molecule has 0 bridgehead atoms. The van der Waals surface area contributed by atoms with Crippen molar-refractivity contribution in [3.05, 3.63) is 23.4 Å². The van der Waals surface area contributed by atoms with Crippen molar-refractivity contribution in [2.24, 2.45) is 0 Å². The number of anilines is 1. The third-order valence-corrected chi connectivity index (χ3v) is 3.76. The maximum Gasteiger partial charge on any atom is 0.410 e. The minimum Gasteiger partial charge on any atom is -0.444 e. The van der Waals surface area contributed by atoms with Gasteiger partial charge in [0.05, 0.1) is 0 Å². The van der Waals surface area contributed by atoms with Gasteiger partial charge in [-0.05, 0) is 57.6 Å². The Labute approximate surface area is 126 Å². The molecule has 0 aliphatic carbocycles. The summed E-state index contributed by atoms with van der Waals surface area (Å²) in [6.07, 6.45) is 3.51. The van der Waals surface area contributed by atoms with E-state index in [1.807, 2.05) is 33.9 Å². The Bertz CT molecular complexity index is 515. The van der Waals surface area contributed by atoms with Gasteiger partial charge in [-0.25, -0.2) is 9.78 Å². The van der Waals surface area contributed by atoms with Crippen LogP contribution in [-0.2, 0) is 4.74 Å². The van der Waals surface area contributed by atoms with Crippen LogP contribution in [0.25, 0.3) is 0 Å². The van der Waals surface area contributed by atoms with Crippen molar-refractivity contribution in [2.75, 3.05) is 18.8 Å². The van der Waals surface area contributed by atoms with E-state index in [2.05, 4.69) is 11.1 Å². The summed E-state index contributed by atoms with van der Waals surface area (Å²) in [6, 6.07) is 2.11. The van der Waals surface area contributed by atoms with Gasteiger partial charge in [0, 0.05) is 19.3 Å². The topological polar surface area (TPSA) is 68.5 Å². The number of rotatable bonds is 1. The van der Waals surface area contributed by atoms with Crippen molar-refractivity contribution in [3.63, 3.8) is 0 Å². The van der Waals surface area contributed by atoms with Crippen LogP contribution >= 0.6 is 0 Å². The van der Waals surface area contributed by atoms with E-state index in [1.165, 1.54) is 5.56 Å². The van der Waals surface area contributed by atoms with Crippen LogP contribution in [0.5, 0.6) is 0 Å². The molecule has 1 aromatic heterocycles. The lowest BCUT2D eigenvalue weighted by molar-refractivity contribution is 0.0205. The molecular weight excluding hydrogens is 266 g/mol. The van der Waals surface area contributed by atoms with Crippen molar-refractivity contribution in [3.8, 4) is 0 Å². The predicted molar refractivity (Wildman–Crippen MR) is 83.2 cm³/mol. The summed E-state index contributed by atoms with van der Waals surface area (Å²) in [4.78, 5) is 18.1. The highest BCUT2D eigenvalue weighted by molar-refractivity contribution is 5.68. The molecule has 2 heterocycles. The fraction of sp³-hybridized carbons (Fsp3) is 0.625. The number of carbonyl (C=O) groups is 1. The molecule has 5 heteroatoms. The Morgan fingerprint density at radius 1 is 1.38 bits per heavy atom. The van der Waals surface area contributed by atoms with Gasteiger partial charge in [-0.1, -0.05) is 6.07 Å². The zero-order valence-corrected chi connectivity index (χ0v) is 13.3. The third kappa shape index (κ3) is 4.09. The molecule has 1 amide bonds. The second-order valence-corrected chi connectivity index (χ2v) is 6.71. The van der Waals surface area contributed by atoms with Gasteiger partial charge in [-0.3, -0.25) is 0 Å². The molecule has 1 saturated heterocycles. The number of nitrogen functional groups attached to an aromatic ring is 1. The zero-order chi connectivity index (χ0) is 15.6. The van der Waals surface area contributed by atoms with Crippen molar-refractivity contribution in [1.82, 2.24) is 9.88 Å². The van der Waals surface area contributed by atoms with Gasteiger partial charge in [0.25, 0.3) is 0 Å². The number of nitrogens with zero attached hydrogens (tertiary/aromatic N) is 2. The van der Waals surface area contributed by atoms with E-state index >= 15 is 0 Å². The molecule has 1 aromatic rings. The minimum absolute atomic E-state index is 0.215. The smallest absolute Gasteiger partial charge is 0.410 e. The quantitative estimate of drug-likeness (QED) is 0.863. The molecule has 1 aliphatic rings. The summed E-state index contributed by atoms with van der Waals surface area (Å²) in [5, 5.41) is 0. The molecular formula is C16H25N3O2. The summed E-state index contributed by atoms with van der Waals surface area (Å²) >= 11 is 0. The number of pyridine rings is 1. The molecule has 1 aliphatic heterocycles. The highest BCUT2D eigenvalue weighted by Gasteiger charge is 2.27. The Morgan fingerprint density at radius 3 is 2.52 bits per heavy atom. The molecule has 5 nitrogen and oxygen atoms in total. The Morgan fingerprint density at radius 2 is 2.00 bits per heavy atom. The van der Waals surface area contributed by atoms with Crippen molar-refractivity contribution in [1.29, 1.82) is 0 Å². The van der Waals surface area contributed by atoms with Crippen LogP contribution in [0, 0.1) is 6.92 Å². The Hall–Kier alpha value is -1.78. The van der Waals surface area contributed by atoms with E-state index in [0.29, 0.717) is 11.7 Å². The average Bonchev–Trinajstić information content (AvgIpc) is 2.40. The summed E-state index contributed by atoms with van der Waals surface area (Å²) in [5.74, 6) is 1.03. The summed E-state index contributed by atoms with van der Waals surface area (Å²) in [7, 11) is 0. The molecule has 2 N–H and O–H groups in total. The number of likely N-dealkylation sites (tertiary alicyclic amines) is 1. The minimum atomic E-state index is -0.439. The van der Waals surface area contributed by atoms with Crippen LogP contribution in [-0.4, -0.2) is 34.7 Å². The van der Waals surface area contributed by atoms with Crippen molar-refractivity contribution in [2.45, 2.75) is 52.1 Å². The second kappa shape index (κ2) is 5.92. The first-order valence-electron chi connectivity index (χ1n) is 7.46. The highest BCUT2D eigenvalue weighted by atomic mass is 16.6. The number of ether oxygens (including phenoxy) is 1. The van der Waals surface area contributed by atoms with Gasteiger partial charge >= 0.3 is 6.09 Å². The Kier molecular flexibility index (Phi) is 4.40. The first kappa shape index (κ1) is 15.6. The van der Waals surface area contributed by atoms with Crippen LogP contribution in [0.15, 0.2) is 12.3 Å². The Balaban J connectivity index is 1.94. The van der Waals surface area contributed by atoms with E-state index in [-0.39, 0.29) is 6.09 Å². The van der Waals surface area contributed by atoms with Crippen molar-refractivity contribution >= 4 is 11.9 Å². The number of piperidine rings is 1. The first-order chi connectivity index (χ1) is 9.76. The molecule has 0 radical (unpaired) electrons. The molecule has 0 aromatic carbocycles. The average molecular weight is 291 g/mol. The number of aromatic nitrogens is 1. The lowest BCUT2D eigenvalue weighted by atomic mass is 9.90. The first-order valence-corrected chi connectivity index (χ1v) is 7.46. The molecule has 0 atom stereocenters. The molecule has 0 saturated carbocycles. The number of hydrogen-bond acceptors (Lipinski definition) is 4. The summed E-state index contributed by atoms with van der Waals surface area (Å²) < 4.78 is 5.41. The van der Waals surface area contributed by atoms with E-state index in [0.717, 1.165) is 31.5 Å². The monoisotopic (exact) mass is 291 g/mol. The lowest BCUT2D eigenvalue weighted by Crippen LogP contribution is -2.41. The number of nitrogens with two attached hydrogens (primary N) is 1. The summed E-state index contributed by atoms with van der Waals surface area (Å²) in [6.45, 7) is 9.09. The van der Waals surface area contributed by atoms with Gasteiger partial charge in [0.2, 0.25) is 0 Å². The van der Waals surface area contributed by atoms with Gasteiger partial charge in [0.1, 0.15) is 11.4 Å². The van der Waals surface area contributed by atoms with Crippen LogP contribution in [0.3, 0.4) is 0 Å². The molecule has 116 valence electrons. The summed E-state index contributed by atoms with van der Waals surface area (Å²) in [5.41, 5.74) is 7.55. The molecule has 21 heavy (non-hydrogen) atoms. The van der Waals surface area contributed by atoms with E-state index in [4.69, 9.17) is 10.5 Å². The van der Waals surface area contributed by atoms with Crippen LogP contribution < -0.4 is 5.73 Å². The van der Waals surface area contributed by atoms with Crippen LogP contribution in [0.1, 0.15) is 50.7 Å². The SMILES string of the molecule is Cc1cc(C2CCN(C(=O)OC(C)(C)C)CC2)cnc1N. The normalized spacial score (nSPS) is 16.9. The van der Waals surface area contributed by atoms with Gasteiger partial charge in [-0.15, -0.1) is 0 Å². The largest absolute Gasteiger partial charge is 0.444 e. The number of amides is 1. The van der Waals surface area contributed by atoms with Gasteiger partial charge < -0.3 is 15.4 Å². The fourth-order valence-corrected chi connectivity index (χ4v) is 2.55. The lowest BCUT2D eigenvalue weighted by Gasteiger charge is -2.33. The predicted octanol–water partition coefficient (Wildman–Crippen LogP) is 3.09. The molecule has 0 unspecified atom stereocenters. The third-order valence-electron chi connectivity index (χ3n) is 3.76. The number of hydrogen-bond donors (Lipinski definition) is 1. The zero-order valence-electron chi connectivity index (χ0n) is 13.3. The van der Waals surface area contributed by atoms with E-state index in [1.54, 1.807) is 4.90 Å². The highest BCUT2D eigenvalue weighted by Crippen LogP contribution is 2.29. The maximum atomic E-state index is 12.0. The van der Waals surface area contributed by atoms with Crippen molar-refractivity contribution < 1.29 is 9.53 Å². The standard InChI is InChI=1S/C16H25N3O2/c1-11-9-13(10-18-14(11)17)12-5-7-19(8-6-12)15(20)21-16(2,3)4/h9-10,12H,5-8H2,1-4H3,(H2,17,18). The maximum absolute atomic E-state index is 12.0. The van der Waals surface area contributed by atoms with E-state index < -0.39 is 5.60 Å². The van der Waals surface area contributed by atoms with Crippen LogP contribution in [0.2, 0.25) is 0 Å². The second-order valence-electron chi connectivity index (χ2n) is 6.71. The molecule has 0 spiro atoms. The fourth-order valence-electron chi connectivity index (χ4n) is 2.55.